The van der Waals surface area contributed by atoms with Gasteiger partial charge in [-0.3, -0.25) is 4.98 Å². The minimum Gasteiger partial charge on any atom is -0.381 e. The van der Waals surface area contributed by atoms with Gasteiger partial charge in [0.1, 0.15) is 0 Å². The quantitative estimate of drug-likeness (QED) is 0.859. The molecule has 0 N–H and O–H groups in total. The summed E-state index contributed by atoms with van der Waals surface area (Å²) >= 11 is 0. The molecule has 4 rings (SSSR count). The number of likely N-dealkylation sites (tertiary alicyclic amines) is 1. The summed E-state index contributed by atoms with van der Waals surface area (Å²) in [5.41, 5.74) is 1.47. The lowest BCUT2D eigenvalue weighted by Crippen LogP contribution is -2.46. The first kappa shape index (κ1) is 15.6. The molecule has 0 aliphatic carbocycles. The van der Waals surface area contributed by atoms with Crippen LogP contribution in [0.2, 0.25) is 0 Å². The summed E-state index contributed by atoms with van der Waals surface area (Å²) in [5, 5.41) is 0. The zero-order valence-electron chi connectivity index (χ0n) is 14.0. The molecule has 1 spiro atoms. The van der Waals surface area contributed by atoms with Crippen LogP contribution in [0.3, 0.4) is 0 Å². The number of hydrogen-bond donors (Lipinski definition) is 0. The summed E-state index contributed by atoms with van der Waals surface area (Å²) < 4.78 is 11.8. The van der Waals surface area contributed by atoms with Gasteiger partial charge in [-0.1, -0.05) is 6.07 Å². The van der Waals surface area contributed by atoms with E-state index in [1.54, 1.807) is 0 Å². The maximum atomic E-state index is 6.31. The molecule has 0 aromatic carbocycles. The Labute approximate surface area is 139 Å². The molecule has 3 fully saturated rings. The number of ether oxygens (including phenoxy) is 2. The Morgan fingerprint density at radius 2 is 2.04 bits per heavy atom. The van der Waals surface area contributed by atoms with E-state index in [4.69, 9.17) is 9.47 Å². The molecule has 1 atom stereocenters. The van der Waals surface area contributed by atoms with Crippen molar-refractivity contribution in [2.24, 2.45) is 5.92 Å². The summed E-state index contributed by atoms with van der Waals surface area (Å²) in [4.78, 5) is 6.92. The first-order valence-electron chi connectivity index (χ1n) is 9.17. The van der Waals surface area contributed by atoms with E-state index in [0.717, 1.165) is 25.7 Å². The summed E-state index contributed by atoms with van der Waals surface area (Å²) in [5.74, 6) is 1.37. The molecule has 1 aromatic rings. The van der Waals surface area contributed by atoms with E-state index in [2.05, 4.69) is 16.0 Å². The van der Waals surface area contributed by atoms with Gasteiger partial charge in [0.2, 0.25) is 0 Å². The van der Waals surface area contributed by atoms with Crippen molar-refractivity contribution in [3.63, 3.8) is 0 Å². The van der Waals surface area contributed by atoms with Gasteiger partial charge in [0, 0.05) is 51.2 Å². The van der Waals surface area contributed by atoms with Crippen LogP contribution >= 0.6 is 0 Å². The second kappa shape index (κ2) is 6.88. The number of nitrogens with zero attached hydrogens (tertiary/aromatic N) is 2. The van der Waals surface area contributed by atoms with Gasteiger partial charge in [0.05, 0.1) is 12.2 Å². The molecule has 0 amide bonds. The van der Waals surface area contributed by atoms with Gasteiger partial charge in [-0.25, -0.2) is 0 Å². The molecule has 3 aliphatic rings. The van der Waals surface area contributed by atoms with Crippen LogP contribution in [0.25, 0.3) is 0 Å². The molecule has 126 valence electrons. The average Bonchev–Trinajstić information content (AvgIpc) is 3.03. The monoisotopic (exact) mass is 316 g/mol. The van der Waals surface area contributed by atoms with E-state index in [9.17, 15) is 0 Å². The minimum atomic E-state index is 0.132. The zero-order valence-corrected chi connectivity index (χ0v) is 14.0. The van der Waals surface area contributed by atoms with Crippen LogP contribution in [0.4, 0.5) is 0 Å². The Hall–Kier alpha value is -0.970. The zero-order chi connectivity index (χ0) is 15.5. The molecular formula is C19H28N2O2. The Morgan fingerprint density at radius 1 is 1.22 bits per heavy atom. The summed E-state index contributed by atoms with van der Waals surface area (Å²) in [6.45, 7) is 6.42. The van der Waals surface area contributed by atoms with Crippen molar-refractivity contribution in [2.45, 2.75) is 43.6 Å². The molecule has 4 heteroatoms. The summed E-state index contributed by atoms with van der Waals surface area (Å²) in [7, 11) is 0. The van der Waals surface area contributed by atoms with Crippen molar-refractivity contribution < 1.29 is 9.47 Å². The number of aromatic nitrogens is 1. The fraction of sp³-hybridized carbons (Fsp3) is 0.737. The summed E-state index contributed by atoms with van der Waals surface area (Å²) in [6.07, 6.45) is 9.88. The van der Waals surface area contributed by atoms with Crippen molar-refractivity contribution in [2.75, 3.05) is 39.5 Å². The van der Waals surface area contributed by atoms with Crippen molar-refractivity contribution in [3.8, 4) is 0 Å². The normalized spacial score (nSPS) is 29.1. The topological polar surface area (TPSA) is 34.6 Å². The van der Waals surface area contributed by atoms with Gasteiger partial charge < -0.3 is 14.4 Å². The maximum Gasteiger partial charge on any atom is 0.0713 e. The molecule has 3 aliphatic heterocycles. The lowest BCUT2D eigenvalue weighted by atomic mass is 9.83. The van der Waals surface area contributed by atoms with Crippen molar-refractivity contribution >= 4 is 0 Å². The fourth-order valence-corrected chi connectivity index (χ4v) is 4.46. The lowest BCUT2D eigenvalue weighted by molar-refractivity contribution is -0.0486. The molecule has 0 unspecified atom stereocenters. The smallest absolute Gasteiger partial charge is 0.0713 e. The van der Waals surface area contributed by atoms with Gasteiger partial charge in [-0.15, -0.1) is 0 Å². The highest BCUT2D eigenvalue weighted by molar-refractivity contribution is 5.18. The van der Waals surface area contributed by atoms with Gasteiger partial charge in [-0.05, 0) is 49.7 Å². The summed E-state index contributed by atoms with van der Waals surface area (Å²) in [6, 6.07) is 4.23. The van der Waals surface area contributed by atoms with E-state index in [0.29, 0.717) is 5.92 Å². The van der Waals surface area contributed by atoms with Crippen molar-refractivity contribution in [1.29, 1.82) is 0 Å². The number of rotatable bonds is 3. The van der Waals surface area contributed by atoms with Crippen LogP contribution in [0, 0.1) is 5.92 Å². The predicted molar refractivity (Wildman–Crippen MR) is 89.5 cm³/mol. The molecule has 23 heavy (non-hydrogen) atoms. The highest BCUT2D eigenvalue weighted by Gasteiger charge is 2.43. The van der Waals surface area contributed by atoms with E-state index < -0.39 is 0 Å². The molecule has 4 nitrogen and oxygen atoms in total. The van der Waals surface area contributed by atoms with Gasteiger partial charge in [0.25, 0.3) is 0 Å². The van der Waals surface area contributed by atoms with E-state index in [1.165, 1.54) is 57.3 Å². The Bertz CT molecular complexity index is 493. The molecule has 1 aromatic heterocycles. The molecule has 0 radical (unpaired) electrons. The van der Waals surface area contributed by atoms with Crippen LogP contribution in [-0.2, 0) is 9.47 Å². The van der Waals surface area contributed by atoms with E-state index in [1.807, 2.05) is 18.5 Å². The Balaban J connectivity index is 1.29. The third-order valence-corrected chi connectivity index (χ3v) is 5.99. The van der Waals surface area contributed by atoms with Gasteiger partial charge in [0.15, 0.2) is 0 Å². The molecule has 0 saturated carbocycles. The first-order chi connectivity index (χ1) is 11.3. The molecule has 0 bridgehead atoms. The SMILES string of the molecule is c1cncc([C@@H]2COC3(CCN(CC4CCOCC4)CC3)C2)c1. The van der Waals surface area contributed by atoms with Gasteiger partial charge >= 0.3 is 0 Å². The first-order valence-corrected chi connectivity index (χ1v) is 9.17. The maximum absolute atomic E-state index is 6.31. The van der Waals surface area contributed by atoms with Crippen molar-refractivity contribution in [3.05, 3.63) is 30.1 Å². The van der Waals surface area contributed by atoms with Crippen LogP contribution < -0.4 is 0 Å². The average molecular weight is 316 g/mol. The van der Waals surface area contributed by atoms with Gasteiger partial charge in [-0.2, -0.15) is 0 Å². The highest BCUT2D eigenvalue weighted by Crippen LogP contribution is 2.42. The predicted octanol–water partition coefficient (Wildman–Crippen LogP) is 2.85. The van der Waals surface area contributed by atoms with Crippen LogP contribution in [0.5, 0.6) is 0 Å². The second-order valence-electron chi connectivity index (χ2n) is 7.54. The largest absolute Gasteiger partial charge is 0.381 e. The highest BCUT2D eigenvalue weighted by atomic mass is 16.5. The fourth-order valence-electron chi connectivity index (χ4n) is 4.46. The van der Waals surface area contributed by atoms with E-state index in [-0.39, 0.29) is 5.60 Å². The third kappa shape index (κ3) is 3.59. The Morgan fingerprint density at radius 3 is 2.78 bits per heavy atom. The number of pyridine rings is 1. The molecular weight excluding hydrogens is 288 g/mol. The number of piperidine rings is 1. The van der Waals surface area contributed by atoms with Crippen molar-refractivity contribution in [1.82, 2.24) is 9.88 Å². The van der Waals surface area contributed by atoms with Crippen LogP contribution in [0.1, 0.15) is 43.6 Å². The number of hydrogen-bond acceptors (Lipinski definition) is 4. The Kier molecular flexibility index (Phi) is 4.65. The molecule has 4 heterocycles. The van der Waals surface area contributed by atoms with Crippen LogP contribution in [0.15, 0.2) is 24.5 Å². The van der Waals surface area contributed by atoms with Crippen LogP contribution in [-0.4, -0.2) is 54.9 Å². The van der Waals surface area contributed by atoms with E-state index >= 15 is 0 Å². The minimum absolute atomic E-state index is 0.132. The third-order valence-electron chi connectivity index (χ3n) is 5.99. The standard InChI is InChI=1S/C19H28N2O2/c1-2-17(13-20-7-1)18-12-19(23-15-18)5-8-21(9-6-19)14-16-3-10-22-11-4-16/h1-2,7,13,16,18H,3-6,8-12,14-15H2/t18-/m0/s1. The molecule has 3 saturated heterocycles. The second-order valence-corrected chi connectivity index (χ2v) is 7.54. The lowest BCUT2D eigenvalue weighted by Gasteiger charge is -2.40.